The predicted octanol–water partition coefficient (Wildman–Crippen LogP) is 5.25. The Bertz CT molecular complexity index is 1320. The van der Waals surface area contributed by atoms with Gasteiger partial charge in [0.25, 0.3) is 5.76 Å². The van der Waals surface area contributed by atoms with Gasteiger partial charge in [0.1, 0.15) is 11.6 Å². The molecule has 2 aliphatic rings. The molecular formula is C28H32F3N5O2S. The number of aromatic nitrogens is 2. The van der Waals surface area contributed by atoms with Gasteiger partial charge in [0, 0.05) is 48.7 Å². The average molecular weight is 560 g/mol. The molecular weight excluding hydrogens is 527 g/mol. The van der Waals surface area contributed by atoms with E-state index >= 15 is 4.39 Å². The molecule has 2 aliphatic heterocycles. The van der Waals surface area contributed by atoms with Gasteiger partial charge in [-0.2, -0.15) is 8.78 Å². The summed E-state index contributed by atoms with van der Waals surface area (Å²) in [6.45, 7) is 6.42. The van der Waals surface area contributed by atoms with Crippen molar-refractivity contribution in [2.75, 3.05) is 31.1 Å². The molecule has 3 aromatic rings. The minimum Gasteiger partial charge on any atom is -0.372 e. The molecule has 5 rings (SSSR count). The number of carbonyl (C=O) groups excluding carboxylic acids is 1. The van der Waals surface area contributed by atoms with E-state index in [9.17, 15) is 13.6 Å². The molecule has 0 bridgehead atoms. The number of ether oxygens (including phenoxy) is 1. The lowest BCUT2D eigenvalue weighted by Crippen LogP contribution is -2.45. The van der Waals surface area contributed by atoms with Crippen molar-refractivity contribution in [3.8, 4) is 11.3 Å². The molecule has 2 aromatic heterocycles. The van der Waals surface area contributed by atoms with Crippen LogP contribution in [0.4, 0.5) is 19.0 Å². The summed E-state index contributed by atoms with van der Waals surface area (Å²) in [5, 5.41) is 3.89. The van der Waals surface area contributed by atoms with Crippen LogP contribution in [0.5, 0.6) is 0 Å². The van der Waals surface area contributed by atoms with Crippen LogP contribution < -0.4 is 10.2 Å². The van der Waals surface area contributed by atoms with Crippen molar-refractivity contribution in [1.29, 1.82) is 0 Å². The van der Waals surface area contributed by atoms with Gasteiger partial charge in [-0.05, 0) is 62.9 Å². The fourth-order valence-electron chi connectivity index (χ4n) is 5.32. The predicted molar refractivity (Wildman–Crippen MR) is 147 cm³/mol. The summed E-state index contributed by atoms with van der Waals surface area (Å²) in [6, 6.07) is 10.8. The standard InChI is InChI=1S/C28H32F3N5O2S/c1-17-14-35(15-18(2)38-17)25-7-3-6-24(34-25)22-9-8-19-12-32-21(11-23(19)26(22)29)13-33-27(37)20-5-4-10-36(16-20)39-28(30)31/h3,6-9,11-12,17-18,20,28H,4-5,10,13-16H2,1-2H3,(H,33,37). The minimum absolute atomic E-state index is 0.0802. The van der Waals surface area contributed by atoms with E-state index in [2.05, 4.69) is 15.2 Å². The van der Waals surface area contributed by atoms with Gasteiger partial charge in [0.2, 0.25) is 5.91 Å². The number of fused-ring (bicyclic) bond motifs is 1. The van der Waals surface area contributed by atoms with Gasteiger partial charge >= 0.3 is 0 Å². The van der Waals surface area contributed by atoms with Crippen LogP contribution in [-0.2, 0) is 16.1 Å². The molecule has 1 amide bonds. The summed E-state index contributed by atoms with van der Waals surface area (Å²) in [7, 11) is 0. The van der Waals surface area contributed by atoms with Crippen molar-refractivity contribution in [3.63, 3.8) is 0 Å². The smallest absolute Gasteiger partial charge is 0.298 e. The van der Waals surface area contributed by atoms with E-state index < -0.39 is 11.6 Å². The molecule has 2 fully saturated rings. The minimum atomic E-state index is -2.50. The van der Waals surface area contributed by atoms with Crippen LogP contribution in [0.25, 0.3) is 22.0 Å². The van der Waals surface area contributed by atoms with Gasteiger partial charge in [0.15, 0.2) is 0 Å². The lowest BCUT2D eigenvalue weighted by molar-refractivity contribution is -0.126. The largest absolute Gasteiger partial charge is 0.372 e. The van der Waals surface area contributed by atoms with Crippen molar-refractivity contribution < 1.29 is 22.7 Å². The highest BCUT2D eigenvalue weighted by atomic mass is 32.2. The number of morpholine rings is 1. The van der Waals surface area contributed by atoms with Crippen LogP contribution in [-0.4, -0.2) is 64.3 Å². The molecule has 3 unspecified atom stereocenters. The first kappa shape index (κ1) is 27.7. The number of pyridine rings is 2. The Morgan fingerprint density at radius 3 is 2.74 bits per heavy atom. The fraction of sp³-hybridized carbons (Fsp3) is 0.464. The fourth-order valence-corrected chi connectivity index (χ4v) is 6.05. The Labute approximate surface area is 230 Å². The van der Waals surface area contributed by atoms with Crippen LogP contribution >= 0.6 is 11.9 Å². The van der Waals surface area contributed by atoms with Crippen molar-refractivity contribution in [1.82, 2.24) is 19.6 Å². The van der Waals surface area contributed by atoms with E-state index in [4.69, 9.17) is 9.72 Å². The van der Waals surface area contributed by atoms with E-state index in [-0.39, 0.29) is 37.1 Å². The van der Waals surface area contributed by atoms with Crippen molar-refractivity contribution in [2.45, 2.75) is 51.2 Å². The quantitative estimate of drug-likeness (QED) is 0.397. The van der Waals surface area contributed by atoms with Crippen LogP contribution in [0, 0.1) is 11.7 Å². The first-order valence-electron chi connectivity index (χ1n) is 13.2. The van der Waals surface area contributed by atoms with E-state index in [1.54, 1.807) is 28.7 Å². The Hall–Kier alpha value is -2.89. The van der Waals surface area contributed by atoms with E-state index in [1.807, 2.05) is 32.0 Å². The first-order chi connectivity index (χ1) is 18.8. The number of alkyl halides is 2. The number of anilines is 1. The van der Waals surface area contributed by atoms with Crippen LogP contribution in [0.1, 0.15) is 32.4 Å². The lowest BCUT2D eigenvalue weighted by atomic mass is 9.99. The van der Waals surface area contributed by atoms with Crippen molar-refractivity contribution in [2.24, 2.45) is 5.92 Å². The maximum atomic E-state index is 15.8. The number of benzene rings is 1. The topological polar surface area (TPSA) is 70.6 Å². The second-order valence-electron chi connectivity index (χ2n) is 10.2. The number of carbonyl (C=O) groups is 1. The number of halogens is 3. The average Bonchev–Trinajstić information content (AvgIpc) is 2.91. The summed E-state index contributed by atoms with van der Waals surface area (Å²) in [5.74, 6) is -2.70. The number of piperidine rings is 1. The number of hydrogen-bond donors (Lipinski definition) is 1. The molecule has 0 spiro atoms. The molecule has 0 radical (unpaired) electrons. The second kappa shape index (κ2) is 12.1. The number of nitrogens with zero attached hydrogens (tertiary/aromatic N) is 4. The third-order valence-electron chi connectivity index (χ3n) is 7.08. The van der Waals surface area contributed by atoms with Gasteiger partial charge in [-0.25, -0.2) is 13.7 Å². The lowest BCUT2D eigenvalue weighted by Gasteiger charge is -2.36. The zero-order valence-corrected chi connectivity index (χ0v) is 22.8. The zero-order valence-electron chi connectivity index (χ0n) is 21.9. The van der Waals surface area contributed by atoms with Crippen LogP contribution in [0.3, 0.4) is 0 Å². The summed E-state index contributed by atoms with van der Waals surface area (Å²) < 4.78 is 48.6. The summed E-state index contributed by atoms with van der Waals surface area (Å²) >= 11 is 0.475. The Kier molecular flexibility index (Phi) is 8.58. The van der Waals surface area contributed by atoms with Gasteiger partial charge in [-0.15, -0.1) is 0 Å². The van der Waals surface area contributed by atoms with Crippen LogP contribution in [0.15, 0.2) is 42.6 Å². The molecule has 3 atom stereocenters. The normalized spacial score (nSPS) is 22.4. The molecule has 1 aromatic carbocycles. The third kappa shape index (κ3) is 6.64. The monoisotopic (exact) mass is 559 g/mol. The molecule has 39 heavy (non-hydrogen) atoms. The molecule has 208 valence electrons. The maximum absolute atomic E-state index is 15.8. The molecule has 0 aliphatic carbocycles. The number of hydrogen-bond acceptors (Lipinski definition) is 7. The van der Waals surface area contributed by atoms with E-state index in [0.29, 0.717) is 72.1 Å². The van der Waals surface area contributed by atoms with Gasteiger partial charge in [0.05, 0.1) is 36.1 Å². The molecule has 0 saturated carbocycles. The maximum Gasteiger partial charge on any atom is 0.298 e. The Balaban J connectivity index is 1.31. The molecule has 2 saturated heterocycles. The van der Waals surface area contributed by atoms with Crippen molar-refractivity contribution in [3.05, 3.63) is 54.1 Å². The van der Waals surface area contributed by atoms with Gasteiger partial charge in [-0.1, -0.05) is 12.1 Å². The zero-order chi connectivity index (χ0) is 27.5. The molecule has 4 heterocycles. The highest BCUT2D eigenvalue weighted by molar-refractivity contribution is 7.97. The summed E-state index contributed by atoms with van der Waals surface area (Å²) in [4.78, 5) is 24.0. The number of nitrogens with one attached hydrogen (secondary N) is 1. The third-order valence-corrected chi connectivity index (χ3v) is 7.86. The summed E-state index contributed by atoms with van der Waals surface area (Å²) in [5.41, 5.74) is 1.44. The highest BCUT2D eigenvalue weighted by Gasteiger charge is 2.28. The van der Waals surface area contributed by atoms with Crippen LogP contribution in [0.2, 0.25) is 0 Å². The number of rotatable bonds is 7. The van der Waals surface area contributed by atoms with Crippen molar-refractivity contribution >= 4 is 34.4 Å². The second-order valence-corrected chi connectivity index (χ2v) is 11.3. The molecule has 11 heteroatoms. The Morgan fingerprint density at radius 2 is 1.97 bits per heavy atom. The number of amides is 1. The molecule has 1 N–H and O–H groups in total. The first-order valence-corrected chi connectivity index (χ1v) is 14.0. The van der Waals surface area contributed by atoms with E-state index in [1.165, 1.54) is 0 Å². The van der Waals surface area contributed by atoms with Gasteiger partial charge < -0.3 is 15.0 Å². The SMILES string of the molecule is CC1CN(c2cccc(-c3ccc4cnc(CNC(=O)C5CCCN(SC(F)F)C5)cc4c3F)n2)CC(C)O1. The molecule has 7 nitrogen and oxygen atoms in total. The highest BCUT2D eigenvalue weighted by Crippen LogP contribution is 2.30. The Morgan fingerprint density at radius 1 is 1.18 bits per heavy atom. The van der Waals surface area contributed by atoms with Gasteiger partial charge in [-0.3, -0.25) is 9.78 Å². The summed E-state index contributed by atoms with van der Waals surface area (Å²) in [6.07, 6.45) is 3.07. The van der Waals surface area contributed by atoms with E-state index in [0.717, 1.165) is 5.82 Å².